The summed E-state index contributed by atoms with van der Waals surface area (Å²) in [4.78, 5) is 13.1. The van der Waals surface area contributed by atoms with Crippen molar-refractivity contribution in [3.05, 3.63) is 84.2 Å². The van der Waals surface area contributed by atoms with E-state index in [2.05, 4.69) is 0 Å². The van der Waals surface area contributed by atoms with Crippen LogP contribution in [0.1, 0.15) is 5.56 Å². The van der Waals surface area contributed by atoms with E-state index in [0.717, 1.165) is 5.56 Å². The number of carboxylic acids is 1. The topological polar surface area (TPSA) is 87.8 Å². The molecule has 0 bridgehead atoms. The number of aliphatic carboxylic acids is 1. The Bertz CT molecular complexity index is 1440. The maximum Gasteiger partial charge on any atom is 0.309 e. The van der Waals surface area contributed by atoms with E-state index in [0.29, 0.717) is 25.2 Å². The number of halogens is 1. The van der Waals surface area contributed by atoms with Crippen LogP contribution in [0.3, 0.4) is 0 Å². The lowest BCUT2D eigenvalue weighted by atomic mass is 9.99. The number of furan rings is 1. The van der Waals surface area contributed by atoms with Gasteiger partial charge in [-0.25, -0.2) is 12.8 Å². The van der Waals surface area contributed by atoms with Crippen molar-refractivity contribution in [3.8, 4) is 11.3 Å². The van der Waals surface area contributed by atoms with Gasteiger partial charge < -0.3 is 9.52 Å². The standard InChI is InChI=1S/C25H20FNO5S/c26-23-21-12-20(33(30,31)19-4-2-1-3-5-19)10-11-22(21)32-24(23)17-8-6-16(7-9-17)13-27-14-18(15-27)25(28)29/h1-12,18H,13-15H2,(H,28,29). The molecule has 1 aliphatic heterocycles. The number of carbonyl (C=O) groups is 1. The van der Waals surface area contributed by atoms with Crippen LogP contribution >= 0.6 is 0 Å². The molecule has 1 saturated heterocycles. The summed E-state index contributed by atoms with van der Waals surface area (Å²) >= 11 is 0. The van der Waals surface area contributed by atoms with Gasteiger partial charge in [0, 0.05) is 25.2 Å². The summed E-state index contributed by atoms with van der Waals surface area (Å²) in [5.74, 6) is -1.66. The third-order valence-electron chi connectivity index (χ3n) is 5.89. The summed E-state index contributed by atoms with van der Waals surface area (Å²) in [6.07, 6.45) is 0. The van der Waals surface area contributed by atoms with Crippen LogP contribution in [0.2, 0.25) is 0 Å². The molecule has 168 valence electrons. The van der Waals surface area contributed by atoms with E-state index < -0.39 is 21.6 Å². The number of hydrogen-bond donors (Lipinski definition) is 1. The van der Waals surface area contributed by atoms with E-state index in [-0.39, 0.29) is 32.4 Å². The van der Waals surface area contributed by atoms with Crippen molar-refractivity contribution in [2.75, 3.05) is 13.1 Å². The number of likely N-dealkylation sites (tertiary alicyclic amines) is 1. The third-order valence-corrected chi connectivity index (χ3v) is 7.66. The zero-order valence-corrected chi connectivity index (χ0v) is 18.3. The van der Waals surface area contributed by atoms with Crippen molar-refractivity contribution in [2.24, 2.45) is 5.92 Å². The second kappa shape index (κ2) is 8.13. The smallest absolute Gasteiger partial charge is 0.309 e. The zero-order valence-electron chi connectivity index (χ0n) is 17.4. The molecule has 0 atom stereocenters. The van der Waals surface area contributed by atoms with Gasteiger partial charge in [-0.3, -0.25) is 9.69 Å². The van der Waals surface area contributed by atoms with Crippen LogP contribution < -0.4 is 0 Å². The van der Waals surface area contributed by atoms with Crippen molar-refractivity contribution in [3.63, 3.8) is 0 Å². The van der Waals surface area contributed by atoms with Gasteiger partial charge in [0.2, 0.25) is 9.84 Å². The Kier molecular flexibility index (Phi) is 5.26. The average molecular weight is 466 g/mol. The average Bonchev–Trinajstić information content (AvgIpc) is 3.12. The minimum atomic E-state index is -3.78. The summed E-state index contributed by atoms with van der Waals surface area (Å²) < 4.78 is 46.7. The van der Waals surface area contributed by atoms with Crippen LogP contribution in [0.5, 0.6) is 0 Å². The monoisotopic (exact) mass is 465 g/mol. The lowest BCUT2D eigenvalue weighted by Crippen LogP contribution is -2.49. The molecule has 3 aromatic carbocycles. The lowest BCUT2D eigenvalue weighted by Gasteiger charge is -2.36. The number of benzene rings is 3. The first-order valence-electron chi connectivity index (χ1n) is 10.4. The number of nitrogens with zero attached hydrogens (tertiary/aromatic N) is 1. The molecule has 5 rings (SSSR count). The summed E-state index contributed by atoms with van der Waals surface area (Å²) in [5, 5.41) is 9.08. The van der Waals surface area contributed by atoms with Crippen LogP contribution in [0.4, 0.5) is 4.39 Å². The van der Waals surface area contributed by atoms with Crippen LogP contribution in [-0.2, 0) is 21.2 Å². The highest BCUT2D eigenvalue weighted by Gasteiger charge is 2.32. The van der Waals surface area contributed by atoms with Gasteiger partial charge in [0.15, 0.2) is 11.6 Å². The fourth-order valence-electron chi connectivity index (χ4n) is 4.01. The van der Waals surface area contributed by atoms with Crippen molar-refractivity contribution >= 4 is 26.8 Å². The first-order valence-corrected chi connectivity index (χ1v) is 11.9. The fourth-order valence-corrected chi connectivity index (χ4v) is 5.32. The van der Waals surface area contributed by atoms with Crippen molar-refractivity contribution in [2.45, 2.75) is 16.3 Å². The zero-order chi connectivity index (χ0) is 23.2. The normalized spacial score (nSPS) is 14.9. The van der Waals surface area contributed by atoms with Gasteiger partial charge >= 0.3 is 5.97 Å². The molecular weight excluding hydrogens is 445 g/mol. The van der Waals surface area contributed by atoms with Crippen molar-refractivity contribution < 1.29 is 27.1 Å². The third kappa shape index (κ3) is 3.92. The minimum Gasteiger partial charge on any atom is -0.481 e. The van der Waals surface area contributed by atoms with Crippen molar-refractivity contribution in [1.82, 2.24) is 4.90 Å². The molecule has 4 aromatic rings. The predicted molar refractivity (Wildman–Crippen MR) is 120 cm³/mol. The Hall–Kier alpha value is -3.49. The van der Waals surface area contributed by atoms with Gasteiger partial charge in [0.1, 0.15) is 5.58 Å². The lowest BCUT2D eigenvalue weighted by molar-refractivity contribution is -0.147. The van der Waals surface area contributed by atoms with E-state index in [1.54, 1.807) is 30.3 Å². The van der Waals surface area contributed by atoms with Gasteiger partial charge in [0.25, 0.3) is 0 Å². The van der Waals surface area contributed by atoms with E-state index in [1.807, 2.05) is 17.0 Å². The molecule has 0 aliphatic carbocycles. The molecule has 0 saturated carbocycles. The molecule has 0 unspecified atom stereocenters. The highest BCUT2D eigenvalue weighted by atomic mass is 32.2. The number of hydrogen-bond acceptors (Lipinski definition) is 5. The Morgan fingerprint density at radius 2 is 1.70 bits per heavy atom. The Morgan fingerprint density at radius 3 is 2.36 bits per heavy atom. The number of fused-ring (bicyclic) bond motifs is 1. The fraction of sp³-hybridized carbons (Fsp3) is 0.160. The molecular formula is C25H20FNO5S. The first kappa shape index (κ1) is 21.4. The van der Waals surface area contributed by atoms with E-state index in [9.17, 15) is 13.2 Å². The molecule has 0 amide bonds. The minimum absolute atomic E-state index is 0.00277. The number of sulfone groups is 1. The second-order valence-electron chi connectivity index (χ2n) is 8.15. The summed E-state index contributed by atoms with van der Waals surface area (Å²) in [7, 11) is -3.78. The highest BCUT2D eigenvalue weighted by molar-refractivity contribution is 7.91. The van der Waals surface area contributed by atoms with E-state index >= 15 is 4.39 Å². The highest BCUT2D eigenvalue weighted by Crippen LogP contribution is 2.34. The largest absolute Gasteiger partial charge is 0.481 e. The Morgan fingerprint density at radius 1 is 1.00 bits per heavy atom. The number of rotatable bonds is 6. The molecule has 2 heterocycles. The van der Waals surface area contributed by atoms with Gasteiger partial charge in [0.05, 0.1) is 21.1 Å². The van der Waals surface area contributed by atoms with Crippen LogP contribution in [0.25, 0.3) is 22.3 Å². The molecule has 1 N–H and O–H groups in total. The molecule has 8 heteroatoms. The first-order chi connectivity index (χ1) is 15.8. The van der Waals surface area contributed by atoms with Crippen LogP contribution in [-0.4, -0.2) is 37.5 Å². The van der Waals surface area contributed by atoms with Gasteiger partial charge in [-0.2, -0.15) is 0 Å². The maximum absolute atomic E-state index is 15.2. The summed E-state index contributed by atoms with van der Waals surface area (Å²) in [6.45, 7) is 1.65. The second-order valence-corrected chi connectivity index (χ2v) is 10.1. The molecule has 33 heavy (non-hydrogen) atoms. The van der Waals surface area contributed by atoms with Crippen LogP contribution in [0, 0.1) is 11.7 Å². The van der Waals surface area contributed by atoms with Gasteiger partial charge in [-0.15, -0.1) is 0 Å². The number of carboxylic acid groups (broad SMARTS) is 1. The SMILES string of the molecule is O=C(O)C1CN(Cc2ccc(-c3oc4ccc(S(=O)(=O)c5ccccc5)cc4c3F)cc2)C1. The molecule has 0 radical (unpaired) electrons. The van der Waals surface area contributed by atoms with E-state index in [4.69, 9.17) is 9.52 Å². The molecule has 6 nitrogen and oxygen atoms in total. The predicted octanol–water partition coefficient (Wildman–Crippen LogP) is 4.59. The summed E-state index contributed by atoms with van der Waals surface area (Å²) in [6, 6.07) is 19.4. The Labute approximate surface area is 189 Å². The molecule has 0 spiro atoms. The van der Waals surface area contributed by atoms with Gasteiger partial charge in [-0.05, 0) is 35.9 Å². The maximum atomic E-state index is 15.2. The molecule has 1 aromatic heterocycles. The van der Waals surface area contributed by atoms with Crippen LogP contribution in [0.15, 0.2) is 87.0 Å². The van der Waals surface area contributed by atoms with Crippen molar-refractivity contribution in [1.29, 1.82) is 0 Å². The quantitative estimate of drug-likeness (QED) is 0.448. The molecule has 1 aliphatic rings. The molecule has 1 fully saturated rings. The van der Waals surface area contributed by atoms with E-state index in [1.165, 1.54) is 30.3 Å². The van der Waals surface area contributed by atoms with Gasteiger partial charge in [-0.1, -0.05) is 42.5 Å². The Balaban J connectivity index is 1.40. The summed E-state index contributed by atoms with van der Waals surface area (Å²) in [5.41, 5.74) is 1.78.